The predicted molar refractivity (Wildman–Crippen MR) is 113 cm³/mol. The molecule has 6 nitrogen and oxygen atoms in total. The summed E-state index contributed by atoms with van der Waals surface area (Å²) < 4.78 is 15.5. The quantitative estimate of drug-likeness (QED) is 0.482. The first-order valence-corrected chi connectivity index (χ1v) is 9.84. The second kappa shape index (κ2) is 11.2. The highest BCUT2D eigenvalue weighted by molar-refractivity contribution is 6.05. The largest absolute Gasteiger partial charge is 0.479 e. The molecule has 2 rings (SSSR count). The van der Waals surface area contributed by atoms with Crippen molar-refractivity contribution in [2.45, 2.75) is 39.7 Å². The summed E-state index contributed by atoms with van der Waals surface area (Å²) in [4.78, 5) is 24.6. The van der Waals surface area contributed by atoms with Gasteiger partial charge in [0.15, 0.2) is 6.10 Å². The molecule has 0 saturated heterocycles. The normalized spacial score (nSPS) is 11.6. The van der Waals surface area contributed by atoms with Gasteiger partial charge in [0, 0.05) is 18.4 Å². The van der Waals surface area contributed by atoms with E-state index in [4.69, 9.17) is 14.2 Å². The molecule has 1 N–H and O–H groups in total. The van der Waals surface area contributed by atoms with E-state index in [1.807, 2.05) is 18.2 Å². The molecule has 0 aliphatic rings. The Balaban J connectivity index is 2.01. The maximum atomic E-state index is 12.7. The van der Waals surface area contributed by atoms with Crippen molar-refractivity contribution in [3.05, 3.63) is 59.2 Å². The summed E-state index contributed by atoms with van der Waals surface area (Å²) in [7, 11) is 1.54. The third-order valence-electron chi connectivity index (χ3n) is 4.53. The average Bonchev–Trinajstić information content (AvgIpc) is 2.74. The highest BCUT2D eigenvalue weighted by Gasteiger charge is 2.17. The van der Waals surface area contributed by atoms with Crippen molar-refractivity contribution >= 4 is 17.6 Å². The van der Waals surface area contributed by atoms with E-state index in [1.54, 1.807) is 31.2 Å². The summed E-state index contributed by atoms with van der Waals surface area (Å²) in [6.07, 6.45) is 0.929. The van der Waals surface area contributed by atoms with Gasteiger partial charge in [-0.15, -0.1) is 0 Å². The Morgan fingerprint density at radius 3 is 2.14 bits per heavy atom. The molecule has 0 saturated carbocycles. The van der Waals surface area contributed by atoms with Gasteiger partial charge < -0.3 is 19.5 Å². The van der Waals surface area contributed by atoms with E-state index in [9.17, 15) is 9.59 Å². The fraction of sp³-hybridized carbons (Fsp3) is 0.391. The van der Waals surface area contributed by atoms with Gasteiger partial charge in [-0.3, -0.25) is 4.79 Å². The van der Waals surface area contributed by atoms with E-state index in [0.29, 0.717) is 17.9 Å². The van der Waals surface area contributed by atoms with Crippen molar-refractivity contribution in [1.29, 1.82) is 0 Å². The van der Waals surface area contributed by atoms with Crippen LogP contribution in [0.3, 0.4) is 0 Å². The predicted octanol–water partition coefficient (Wildman–Crippen LogP) is 4.02. The van der Waals surface area contributed by atoms with Crippen molar-refractivity contribution in [1.82, 2.24) is 0 Å². The van der Waals surface area contributed by atoms with E-state index in [-0.39, 0.29) is 12.5 Å². The maximum Gasteiger partial charge on any atom is 0.347 e. The molecule has 0 heterocycles. The molecule has 0 aliphatic carbocycles. The number of amides is 1. The molecule has 0 aromatic heterocycles. The molecule has 156 valence electrons. The molecule has 2 aromatic rings. The molecule has 0 aliphatic heterocycles. The Morgan fingerprint density at radius 2 is 1.59 bits per heavy atom. The Labute approximate surface area is 172 Å². The van der Waals surface area contributed by atoms with E-state index in [0.717, 1.165) is 29.7 Å². The lowest BCUT2D eigenvalue weighted by molar-refractivity contribution is -0.152. The third kappa shape index (κ3) is 6.32. The molecule has 0 fully saturated rings. The third-order valence-corrected chi connectivity index (χ3v) is 4.53. The van der Waals surface area contributed by atoms with Gasteiger partial charge in [0.25, 0.3) is 5.91 Å². The first kappa shape index (κ1) is 22.4. The standard InChI is InChI=1S/C23H29NO5/c1-5-17-8-7-9-18(6-2)21(17)24-22(25)19-10-12-20(13-11-19)29-16(3)23(26)28-15-14-27-4/h7-13,16H,5-6,14-15H2,1-4H3,(H,24,25)/t16-/m1/s1. The Kier molecular flexibility index (Phi) is 8.68. The SMILES string of the molecule is CCc1cccc(CC)c1NC(=O)c1ccc(O[C@H](C)C(=O)OCCOC)cc1. The number of anilines is 1. The van der Waals surface area contributed by atoms with Crippen LogP contribution in [0.4, 0.5) is 5.69 Å². The van der Waals surface area contributed by atoms with Gasteiger partial charge in [-0.05, 0) is 55.2 Å². The highest BCUT2D eigenvalue weighted by atomic mass is 16.6. The number of carbonyl (C=O) groups excluding carboxylic acids is 2. The molecule has 6 heteroatoms. The molecular formula is C23H29NO5. The second-order valence-electron chi connectivity index (χ2n) is 6.56. The number of para-hydroxylation sites is 1. The lowest BCUT2D eigenvalue weighted by Gasteiger charge is -2.15. The van der Waals surface area contributed by atoms with E-state index in [1.165, 1.54) is 7.11 Å². The van der Waals surface area contributed by atoms with E-state index in [2.05, 4.69) is 19.2 Å². The molecule has 0 spiro atoms. The monoisotopic (exact) mass is 399 g/mol. The summed E-state index contributed by atoms with van der Waals surface area (Å²) >= 11 is 0. The maximum absolute atomic E-state index is 12.7. The number of benzene rings is 2. The minimum absolute atomic E-state index is 0.181. The number of aryl methyl sites for hydroxylation is 2. The first-order valence-electron chi connectivity index (χ1n) is 9.84. The molecule has 2 aromatic carbocycles. The summed E-state index contributed by atoms with van der Waals surface area (Å²) in [6.45, 7) is 6.27. The highest BCUT2D eigenvalue weighted by Crippen LogP contribution is 2.24. The number of hydrogen-bond donors (Lipinski definition) is 1. The zero-order valence-electron chi connectivity index (χ0n) is 17.5. The number of carbonyl (C=O) groups is 2. The number of hydrogen-bond acceptors (Lipinski definition) is 5. The molecular weight excluding hydrogens is 370 g/mol. The van der Waals surface area contributed by atoms with Crippen LogP contribution in [-0.2, 0) is 27.1 Å². The summed E-state index contributed by atoms with van der Waals surface area (Å²) in [5.41, 5.74) is 3.62. The minimum atomic E-state index is -0.755. The van der Waals surface area contributed by atoms with E-state index >= 15 is 0 Å². The van der Waals surface area contributed by atoms with Crippen LogP contribution in [0.2, 0.25) is 0 Å². The fourth-order valence-corrected chi connectivity index (χ4v) is 2.87. The van der Waals surface area contributed by atoms with Crippen molar-refractivity contribution in [3.8, 4) is 5.75 Å². The van der Waals surface area contributed by atoms with E-state index < -0.39 is 12.1 Å². The summed E-state index contributed by atoms with van der Waals surface area (Å²) in [5.74, 6) is -0.160. The van der Waals surface area contributed by atoms with Crippen LogP contribution >= 0.6 is 0 Å². The van der Waals surface area contributed by atoms with Crippen molar-refractivity contribution in [2.24, 2.45) is 0 Å². The van der Waals surface area contributed by atoms with Crippen LogP contribution in [-0.4, -0.2) is 38.3 Å². The number of esters is 1. The number of methoxy groups -OCH3 is 1. The van der Waals surface area contributed by atoms with Crippen LogP contribution < -0.4 is 10.1 Å². The Hall–Kier alpha value is -2.86. The number of nitrogens with one attached hydrogen (secondary N) is 1. The van der Waals surface area contributed by atoms with Gasteiger partial charge in [0.1, 0.15) is 12.4 Å². The first-order chi connectivity index (χ1) is 14.0. The second-order valence-corrected chi connectivity index (χ2v) is 6.56. The van der Waals surface area contributed by atoms with Gasteiger partial charge in [0.05, 0.1) is 6.61 Å². The number of rotatable bonds is 10. The molecule has 0 unspecified atom stereocenters. The van der Waals surface area contributed by atoms with Crippen molar-refractivity contribution in [3.63, 3.8) is 0 Å². The molecule has 0 bridgehead atoms. The van der Waals surface area contributed by atoms with Crippen LogP contribution in [0, 0.1) is 0 Å². The van der Waals surface area contributed by atoms with Crippen molar-refractivity contribution < 1.29 is 23.8 Å². The Bertz CT molecular complexity index is 794. The smallest absolute Gasteiger partial charge is 0.347 e. The van der Waals surface area contributed by atoms with Crippen LogP contribution in [0.15, 0.2) is 42.5 Å². The van der Waals surface area contributed by atoms with Gasteiger partial charge >= 0.3 is 5.97 Å². The molecule has 1 atom stereocenters. The zero-order valence-corrected chi connectivity index (χ0v) is 17.5. The van der Waals surface area contributed by atoms with Crippen LogP contribution in [0.1, 0.15) is 42.3 Å². The lowest BCUT2D eigenvalue weighted by atomic mass is 10.0. The lowest BCUT2D eigenvalue weighted by Crippen LogP contribution is -2.27. The summed E-state index contributed by atoms with van der Waals surface area (Å²) in [5, 5.41) is 3.04. The van der Waals surface area contributed by atoms with Crippen LogP contribution in [0.25, 0.3) is 0 Å². The number of ether oxygens (including phenoxy) is 3. The summed E-state index contributed by atoms with van der Waals surface area (Å²) in [6, 6.07) is 12.8. The van der Waals surface area contributed by atoms with Gasteiger partial charge in [-0.25, -0.2) is 4.79 Å². The molecule has 29 heavy (non-hydrogen) atoms. The van der Waals surface area contributed by atoms with Gasteiger partial charge in [0.2, 0.25) is 0 Å². The molecule has 1 amide bonds. The van der Waals surface area contributed by atoms with Gasteiger partial charge in [-0.1, -0.05) is 32.0 Å². The van der Waals surface area contributed by atoms with Crippen LogP contribution in [0.5, 0.6) is 5.75 Å². The van der Waals surface area contributed by atoms with Gasteiger partial charge in [-0.2, -0.15) is 0 Å². The molecule has 0 radical (unpaired) electrons. The Morgan fingerprint density at radius 1 is 0.966 bits per heavy atom. The topological polar surface area (TPSA) is 73.9 Å². The average molecular weight is 399 g/mol. The minimum Gasteiger partial charge on any atom is -0.479 e. The zero-order chi connectivity index (χ0) is 21.2. The fourth-order valence-electron chi connectivity index (χ4n) is 2.87. The van der Waals surface area contributed by atoms with Crippen molar-refractivity contribution in [2.75, 3.05) is 25.6 Å².